The number of carbonyl (C=O) groups is 1. The van der Waals surface area contributed by atoms with Gasteiger partial charge in [0.1, 0.15) is 17.3 Å². The number of amidine groups is 1. The molecule has 0 fully saturated rings. The molecule has 0 unspecified atom stereocenters. The Balaban J connectivity index is 1.92. The average molecular weight is 326 g/mol. The van der Waals surface area contributed by atoms with E-state index in [-0.39, 0.29) is 17.4 Å². The minimum absolute atomic E-state index is 0.265. The molecule has 0 aromatic heterocycles. The molecule has 1 aliphatic heterocycles. The third-order valence-electron chi connectivity index (χ3n) is 3.53. The fraction of sp³-hybridized carbons (Fsp3) is 0.111. The van der Waals surface area contributed by atoms with E-state index in [0.29, 0.717) is 22.9 Å². The minimum Gasteiger partial charge on any atom is -0.493 e. The summed E-state index contributed by atoms with van der Waals surface area (Å²) in [5.74, 6) is 0.902. The monoisotopic (exact) mass is 326 g/mol. The van der Waals surface area contributed by atoms with E-state index in [4.69, 9.17) is 9.47 Å². The van der Waals surface area contributed by atoms with Gasteiger partial charge in [-0.15, -0.1) is 0 Å². The van der Waals surface area contributed by atoms with E-state index in [1.165, 1.54) is 12.1 Å². The van der Waals surface area contributed by atoms with Gasteiger partial charge in [-0.3, -0.25) is 4.79 Å². The largest absolute Gasteiger partial charge is 0.493 e. The van der Waals surface area contributed by atoms with Gasteiger partial charge in [-0.2, -0.15) is 0 Å². The first kappa shape index (κ1) is 15.7. The van der Waals surface area contributed by atoms with Crippen molar-refractivity contribution in [2.24, 2.45) is 4.99 Å². The van der Waals surface area contributed by atoms with Crippen molar-refractivity contribution in [3.8, 4) is 11.5 Å². The fourth-order valence-electron chi connectivity index (χ4n) is 2.31. The topological polar surface area (TPSA) is 59.9 Å². The molecule has 1 amide bonds. The van der Waals surface area contributed by atoms with Crippen LogP contribution in [-0.4, -0.2) is 26.0 Å². The maximum Gasteiger partial charge on any atom is 0.275 e. The molecule has 3 rings (SSSR count). The fourth-order valence-corrected chi connectivity index (χ4v) is 2.31. The summed E-state index contributed by atoms with van der Waals surface area (Å²) in [4.78, 5) is 16.4. The predicted molar refractivity (Wildman–Crippen MR) is 88.6 cm³/mol. The zero-order valence-corrected chi connectivity index (χ0v) is 13.2. The number of ether oxygens (including phenoxy) is 2. The van der Waals surface area contributed by atoms with Crippen LogP contribution >= 0.6 is 0 Å². The molecule has 0 spiro atoms. The Kier molecular flexibility index (Phi) is 4.29. The van der Waals surface area contributed by atoms with Crippen molar-refractivity contribution in [2.75, 3.05) is 14.2 Å². The van der Waals surface area contributed by atoms with Crippen LogP contribution in [0.3, 0.4) is 0 Å². The Morgan fingerprint density at radius 3 is 2.42 bits per heavy atom. The number of nitrogens with one attached hydrogen (secondary N) is 1. The molecule has 0 atom stereocenters. The number of hydrogen-bond donors (Lipinski definition) is 1. The van der Waals surface area contributed by atoms with Gasteiger partial charge in [-0.25, -0.2) is 9.38 Å². The lowest BCUT2D eigenvalue weighted by atomic mass is 10.1. The van der Waals surface area contributed by atoms with Gasteiger partial charge >= 0.3 is 0 Å². The molecule has 0 aliphatic carbocycles. The highest BCUT2D eigenvalue weighted by Gasteiger charge is 2.21. The normalized spacial score (nSPS) is 15.2. The zero-order chi connectivity index (χ0) is 17.1. The van der Waals surface area contributed by atoms with Crippen molar-refractivity contribution in [1.29, 1.82) is 0 Å². The summed E-state index contributed by atoms with van der Waals surface area (Å²) in [6.07, 6.45) is 1.65. The van der Waals surface area contributed by atoms with Crippen LogP contribution < -0.4 is 14.8 Å². The Morgan fingerprint density at radius 2 is 1.75 bits per heavy atom. The Labute approximate surface area is 138 Å². The Morgan fingerprint density at radius 1 is 1.04 bits per heavy atom. The van der Waals surface area contributed by atoms with E-state index in [1.807, 2.05) is 0 Å². The van der Waals surface area contributed by atoms with Crippen molar-refractivity contribution in [3.05, 3.63) is 65.1 Å². The van der Waals surface area contributed by atoms with Crippen LogP contribution in [0.25, 0.3) is 6.08 Å². The highest BCUT2D eigenvalue weighted by Crippen LogP contribution is 2.28. The molecule has 0 bridgehead atoms. The molecule has 5 nitrogen and oxygen atoms in total. The van der Waals surface area contributed by atoms with Crippen LogP contribution in [0.2, 0.25) is 0 Å². The first-order valence-electron chi connectivity index (χ1n) is 7.20. The first-order chi connectivity index (χ1) is 11.6. The number of benzene rings is 2. The van der Waals surface area contributed by atoms with E-state index < -0.39 is 0 Å². The van der Waals surface area contributed by atoms with Gasteiger partial charge in [0.15, 0.2) is 11.5 Å². The lowest BCUT2D eigenvalue weighted by Gasteiger charge is -2.07. The van der Waals surface area contributed by atoms with Gasteiger partial charge in [0.2, 0.25) is 0 Å². The minimum atomic E-state index is -0.343. The average Bonchev–Trinajstić information content (AvgIpc) is 2.96. The van der Waals surface area contributed by atoms with Crippen LogP contribution in [0.1, 0.15) is 11.1 Å². The van der Waals surface area contributed by atoms with Crippen molar-refractivity contribution in [2.45, 2.75) is 0 Å². The summed E-state index contributed by atoms with van der Waals surface area (Å²) in [6, 6.07) is 11.1. The Hall–Kier alpha value is -3.15. The maximum atomic E-state index is 13.0. The van der Waals surface area contributed by atoms with Crippen molar-refractivity contribution >= 4 is 17.8 Å². The smallest absolute Gasteiger partial charge is 0.275 e. The van der Waals surface area contributed by atoms with Gasteiger partial charge in [0, 0.05) is 5.56 Å². The van der Waals surface area contributed by atoms with E-state index in [1.54, 1.807) is 50.6 Å². The Bertz CT molecular complexity index is 842. The first-order valence-corrected chi connectivity index (χ1v) is 7.20. The second-order valence-electron chi connectivity index (χ2n) is 5.07. The number of methoxy groups -OCH3 is 2. The SMILES string of the molecule is COc1ccc(/C=C2/N=C(c3ccc(F)cc3)NC2=O)cc1OC. The summed E-state index contributed by atoms with van der Waals surface area (Å²) < 4.78 is 23.4. The van der Waals surface area contributed by atoms with Crippen molar-refractivity contribution in [1.82, 2.24) is 5.32 Å². The van der Waals surface area contributed by atoms with Crippen LogP contribution in [0.5, 0.6) is 11.5 Å². The summed E-state index contributed by atoms with van der Waals surface area (Å²) in [5, 5.41) is 2.68. The van der Waals surface area contributed by atoms with Gasteiger partial charge in [-0.05, 0) is 48.0 Å². The second kappa shape index (κ2) is 6.54. The van der Waals surface area contributed by atoms with Crippen LogP contribution in [-0.2, 0) is 4.79 Å². The van der Waals surface area contributed by atoms with Crippen LogP contribution in [0.4, 0.5) is 4.39 Å². The number of rotatable bonds is 4. The van der Waals surface area contributed by atoms with E-state index in [2.05, 4.69) is 10.3 Å². The van der Waals surface area contributed by atoms with E-state index in [9.17, 15) is 9.18 Å². The molecule has 1 heterocycles. The van der Waals surface area contributed by atoms with E-state index in [0.717, 1.165) is 5.56 Å². The standard InChI is InChI=1S/C18H15FN2O3/c1-23-15-8-3-11(10-16(15)24-2)9-14-18(22)21-17(20-14)12-4-6-13(19)7-5-12/h3-10H,1-2H3,(H,20,21,22)/b14-9+. The molecule has 2 aromatic rings. The maximum absolute atomic E-state index is 13.0. The molecule has 1 N–H and O–H groups in total. The molecule has 1 aliphatic rings. The number of hydrogen-bond acceptors (Lipinski definition) is 4. The summed E-state index contributed by atoms with van der Waals surface area (Å²) in [7, 11) is 3.10. The third kappa shape index (κ3) is 3.12. The van der Waals surface area contributed by atoms with Gasteiger partial charge in [-0.1, -0.05) is 6.07 Å². The number of carbonyl (C=O) groups excluding carboxylic acids is 1. The number of nitrogens with zero attached hydrogens (tertiary/aromatic N) is 1. The lowest BCUT2D eigenvalue weighted by Crippen LogP contribution is -2.24. The molecule has 6 heteroatoms. The molecule has 0 saturated carbocycles. The summed E-state index contributed by atoms with van der Waals surface area (Å²) in [6.45, 7) is 0. The number of halogens is 1. The number of aliphatic imine (C=N–C) groups is 1. The third-order valence-corrected chi connectivity index (χ3v) is 3.53. The van der Waals surface area contributed by atoms with E-state index >= 15 is 0 Å². The zero-order valence-electron chi connectivity index (χ0n) is 13.2. The van der Waals surface area contributed by atoms with Crippen LogP contribution in [0, 0.1) is 5.82 Å². The van der Waals surface area contributed by atoms with Crippen LogP contribution in [0.15, 0.2) is 53.2 Å². The lowest BCUT2D eigenvalue weighted by molar-refractivity contribution is -0.115. The van der Waals surface area contributed by atoms with Gasteiger partial charge in [0.25, 0.3) is 5.91 Å². The molecular weight excluding hydrogens is 311 g/mol. The molecule has 0 radical (unpaired) electrons. The van der Waals surface area contributed by atoms with Gasteiger partial charge < -0.3 is 14.8 Å². The summed E-state index contributed by atoms with van der Waals surface area (Å²) in [5.41, 5.74) is 1.66. The van der Waals surface area contributed by atoms with Crippen molar-refractivity contribution < 1.29 is 18.7 Å². The second-order valence-corrected chi connectivity index (χ2v) is 5.07. The summed E-state index contributed by atoms with van der Waals surface area (Å²) >= 11 is 0. The predicted octanol–water partition coefficient (Wildman–Crippen LogP) is 2.76. The molecular formula is C18H15FN2O3. The number of amides is 1. The molecule has 122 valence electrons. The highest BCUT2D eigenvalue weighted by atomic mass is 19.1. The van der Waals surface area contributed by atoms with Gasteiger partial charge in [0.05, 0.1) is 14.2 Å². The highest BCUT2D eigenvalue weighted by molar-refractivity contribution is 6.19. The molecule has 2 aromatic carbocycles. The van der Waals surface area contributed by atoms with Crippen molar-refractivity contribution in [3.63, 3.8) is 0 Å². The molecule has 24 heavy (non-hydrogen) atoms. The quantitative estimate of drug-likeness (QED) is 0.879. The molecule has 0 saturated heterocycles.